The summed E-state index contributed by atoms with van der Waals surface area (Å²) in [6.45, 7) is 0.989. The summed E-state index contributed by atoms with van der Waals surface area (Å²) in [6, 6.07) is 0. The van der Waals surface area contributed by atoms with E-state index in [0.717, 1.165) is 25.7 Å². The van der Waals surface area contributed by atoms with Crippen molar-refractivity contribution in [2.24, 2.45) is 0 Å². The third kappa shape index (κ3) is 9.08. The summed E-state index contributed by atoms with van der Waals surface area (Å²) < 4.78 is 9.98. The molecule has 0 aromatic rings. The van der Waals surface area contributed by atoms with E-state index in [4.69, 9.17) is 9.47 Å². The molecule has 0 N–H and O–H groups in total. The maximum Gasteiger partial charge on any atom is 0.508 e. The molecule has 0 bridgehead atoms. The van der Waals surface area contributed by atoms with E-state index < -0.39 is 6.16 Å². The normalized spacial score (nSPS) is 21.7. The molecule has 0 aliphatic carbocycles. The largest absolute Gasteiger partial charge is 0.508 e. The molecule has 0 spiro atoms. The van der Waals surface area contributed by atoms with E-state index >= 15 is 0 Å². The fraction of sp³-hybridized carbons (Fsp3) is 0.800. The SMILES string of the molecule is O=C1OCCCCCCC=CCCCCCCO1. The van der Waals surface area contributed by atoms with Crippen molar-refractivity contribution in [2.75, 3.05) is 13.2 Å². The summed E-state index contributed by atoms with van der Waals surface area (Å²) in [7, 11) is 0. The molecular weight excluding hydrogens is 228 g/mol. The van der Waals surface area contributed by atoms with E-state index in [-0.39, 0.29) is 0 Å². The van der Waals surface area contributed by atoms with Crippen LogP contribution in [0.3, 0.4) is 0 Å². The molecule has 1 heterocycles. The number of carbonyl (C=O) groups is 1. The molecule has 0 aromatic carbocycles. The minimum absolute atomic E-state index is 0.495. The second-order valence-electron chi connectivity index (χ2n) is 4.82. The van der Waals surface area contributed by atoms with Crippen LogP contribution in [0.2, 0.25) is 0 Å². The Morgan fingerprint density at radius 2 is 1.11 bits per heavy atom. The van der Waals surface area contributed by atoms with Gasteiger partial charge in [-0.15, -0.1) is 0 Å². The first-order chi connectivity index (χ1) is 8.89. The quantitative estimate of drug-likeness (QED) is 0.468. The first-order valence-corrected chi connectivity index (χ1v) is 7.34. The lowest BCUT2D eigenvalue weighted by Crippen LogP contribution is -2.09. The summed E-state index contributed by atoms with van der Waals surface area (Å²) in [5, 5.41) is 0. The van der Waals surface area contributed by atoms with Gasteiger partial charge < -0.3 is 9.47 Å². The van der Waals surface area contributed by atoms with Crippen molar-refractivity contribution in [3.8, 4) is 0 Å². The predicted molar refractivity (Wildman–Crippen MR) is 72.6 cm³/mol. The van der Waals surface area contributed by atoms with E-state index in [0.29, 0.717) is 13.2 Å². The number of rotatable bonds is 0. The van der Waals surface area contributed by atoms with Gasteiger partial charge in [0, 0.05) is 0 Å². The van der Waals surface area contributed by atoms with Crippen molar-refractivity contribution in [1.29, 1.82) is 0 Å². The fourth-order valence-corrected chi connectivity index (χ4v) is 2.02. The third-order valence-electron chi connectivity index (χ3n) is 3.14. The topological polar surface area (TPSA) is 35.5 Å². The molecule has 0 atom stereocenters. The van der Waals surface area contributed by atoms with E-state index in [9.17, 15) is 4.79 Å². The molecule has 104 valence electrons. The molecule has 1 rings (SSSR count). The van der Waals surface area contributed by atoms with Gasteiger partial charge in [-0.25, -0.2) is 4.79 Å². The molecule has 0 radical (unpaired) electrons. The van der Waals surface area contributed by atoms with Crippen molar-refractivity contribution >= 4 is 6.16 Å². The Labute approximate surface area is 111 Å². The van der Waals surface area contributed by atoms with E-state index in [1.807, 2.05) is 0 Å². The molecule has 0 aromatic heterocycles. The van der Waals surface area contributed by atoms with Gasteiger partial charge in [-0.1, -0.05) is 37.8 Å². The van der Waals surface area contributed by atoms with Gasteiger partial charge in [0.15, 0.2) is 0 Å². The number of hydrogen-bond donors (Lipinski definition) is 0. The number of allylic oxidation sites excluding steroid dienone is 2. The van der Waals surface area contributed by atoms with Gasteiger partial charge in [0.1, 0.15) is 0 Å². The number of ether oxygens (including phenoxy) is 2. The predicted octanol–water partition coefficient (Wildman–Crippen LogP) is 4.61. The van der Waals surface area contributed by atoms with Gasteiger partial charge in [0.2, 0.25) is 0 Å². The average Bonchev–Trinajstić information content (AvgIpc) is 2.37. The highest BCUT2D eigenvalue weighted by Crippen LogP contribution is 2.08. The summed E-state index contributed by atoms with van der Waals surface area (Å²) >= 11 is 0. The Balaban J connectivity index is 2.17. The Morgan fingerprint density at radius 3 is 1.61 bits per heavy atom. The van der Waals surface area contributed by atoms with E-state index in [2.05, 4.69) is 12.2 Å². The summed E-state index contributed by atoms with van der Waals surface area (Å²) in [4.78, 5) is 11.2. The van der Waals surface area contributed by atoms with Gasteiger partial charge in [0.05, 0.1) is 13.2 Å². The highest BCUT2D eigenvalue weighted by Gasteiger charge is 2.02. The molecule has 0 fully saturated rings. The van der Waals surface area contributed by atoms with Crippen LogP contribution < -0.4 is 0 Å². The highest BCUT2D eigenvalue weighted by atomic mass is 16.7. The van der Waals surface area contributed by atoms with Crippen molar-refractivity contribution < 1.29 is 14.3 Å². The van der Waals surface area contributed by atoms with Crippen molar-refractivity contribution in [3.05, 3.63) is 12.2 Å². The maximum absolute atomic E-state index is 11.2. The summed E-state index contributed by atoms with van der Waals surface area (Å²) in [6.07, 6.45) is 15.5. The smallest absolute Gasteiger partial charge is 0.434 e. The Kier molecular flexibility index (Phi) is 9.31. The van der Waals surface area contributed by atoms with Crippen LogP contribution in [0.25, 0.3) is 0 Å². The molecule has 0 saturated carbocycles. The monoisotopic (exact) mass is 254 g/mol. The van der Waals surface area contributed by atoms with Crippen molar-refractivity contribution in [2.45, 2.75) is 64.2 Å². The first kappa shape index (κ1) is 15.1. The standard InChI is InChI=1S/C15H26O3/c16-15-17-13-11-9-7-5-3-1-2-4-6-8-10-12-14-18-15/h1-2H,3-14H2. The minimum atomic E-state index is -0.499. The Morgan fingerprint density at radius 1 is 0.667 bits per heavy atom. The number of cyclic esters (lactones) is 2. The van der Waals surface area contributed by atoms with Gasteiger partial charge in [-0.05, 0) is 38.5 Å². The first-order valence-electron chi connectivity index (χ1n) is 7.34. The third-order valence-corrected chi connectivity index (χ3v) is 3.14. The molecule has 0 unspecified atom stereocenters. The van der Waals surface area contributed by atoms with Crippen LogP contribution in [-0.4, -0.2) is 19.4 Å². The maximum atomic E-state index is 11.2. The zero-order chi connectivity index (χ0) is 12.9. The van der Waals surface area contributed by atoms with E-state index in [1.54, 1.807) is 0 Å². The van der Waals surface area contributed by atoms with Crippen molar-refractivity contribution in [1.82, 2.24) is 0 Å². The number of carbonyl (C=O) groups excluding carboxylic acids is 1. The molecule has 0 amide bonds. The Hall–Kier alpha value is -0.990. The van der Waals surface area contributed by atoms with Gasteiger partial charge in [-0.2, -0.15) is 0 Å². The fourth-order valence-electron chi connectivity index (χ4n) is 2.02. The lowest BCUT2D eigenvalue weighted by molar-refractivity contribution is 0.0529. The molecule has 1 aliphatic heterocycles. The zero-order valence-electron chi connectivity index (χ0n) is 11.4. The lowest BCUT2D eigenvalue weighted by atomic mass is 10.1. The summed E-state index contributed by atoms with van der Waals surface area (Å²) in [5.74, 6) is 0. The van der Waals surface area contributed by atoms with Crippen LogP contribution >= 0.6 is 0 Å². The summed E-state index contributed by atoms with van der Waals surface area (Å²) in [5.41, 5.74) is 0. The Bertz CT molecular complexity index is 214. The van der Waals surface area contributed by atoms with Crippen LogP contribution in [0.5, 0.6) is 0 Å². The molecular formula is C15H26O3. The lowest BCUT2D eigenvalue weighted by Gasteiger charge is -2.05. The zero-order valence-corrected chi connectivity index (χ0v) is 11.4. The minimum Gasteiger partial charge on any atom is -0.434 e. The second-order valence-corrected chi connectivity index (χ2v) is 4.82. The van der Waals surface area contributed by atoms with Crippen LogP contribution in [0, 0.1) is 0 Å². The second kappa shape index (κ2) is 11.1. The van der Waals surface area contributed by atoms with Crippen LogP contribution in [0.15, 0.2) is 12.2 Å². The van der Waals surface area contributed by atoms with Crippen LogP contribution in [-0.2, 0) is 9.47 Å². The molecule has 3 nitrogen and oxygen atoms in total. The molecule has 3 heteroatoms. The number of hydrogen-bond acceptors (Lipinski definition) is 3. The average molecular weight is 254 g/mol. The van der Waals surface area contributed by atoms with Crippen LogP contribution in [0.4, 0.5) is 4.79 Å². The van der Waals surface area contributed by atoms with E-state index in [1.165, 1.54) is 38.5 Å². The van der Waals surface area contributed by atoms with Gasteiger partial charge in [0.25, 0.3) is 0 Å². The van der Waals surface area contributed by atoms with Crippen LogP contribution in [0.1, 0.15) is 64.2 Å². The van der Waals surface area contributed by atoms with Gasteiger partial charge >= 0.3 is 6.16 Å². The highest BCUT2D eigenvalue weighted by molar-refractivity contribution is 5.59. The molecule has 18 heavy (non-hydrogen) atoms. The molecule has 0 saturated heterocycles. The van der Waals surface area contributed by atoms with Gasteiger partial charge in [-0.3, -0.25) is 0 Å². The molecule has 1 aliphatic rings. The van der Waals surface area contributed by atoms with Crippen molar-refractivity contribution in [3.63, 3.8) is 0 Å².